The van der Waals surface area contributed by atoms with E-state index < -0.39 is 81.4 Å². The number of rotatable bonds is 14. The zero-order chi connectivity index (χ0) is 50.1. The van der Waals surface area contributed by atoms with Gasteiger partial charge in [0.2, 0.25) is 6.29 Å². The van der Waals surface area contributed by atoms with E-state index in [1.807, 2.05) is 0 Å². The van der Waals surface area contributed by atoms with Crippen LogP contribution in [-0.4, -0.2) is 96.8 Å². The second-order valence-corrected chi connectivity index (χ2v) is 25.0. The summed E-state index contributed by atoms with van der Waals surface area (Å²) in [4.78, 5) is 40.4. The van der Waals surface area contributed by atoms with Gasteiger partial charge in [-0.15, -0.1) is 0 Å². The van der Waals surface area contributed by atoms with Crippen molar-refractivity contribution in [1.29, 1.82) is 0 Å². The molecule has 2 aromatic rings. The molecule has 0 amide bonds. The van der Waals surface area contributed by atoms with Crippen LogP contribution in [0.15, 0.2) is 56.5 Å². The van der Waals surface area contributed by atoms with E-state index in [2.05, 4.69) is 64.3 Å². The van der Waals surface area contributed by atoms with Crippen molar-refractivity contribution in [1.82, 2.24) is 5.16 Å². The van der Waals surface area contributed by atoms with Crippen molar-refractivity contribution in [2.75, 3.05) is 13.2 Å². The molecular weight excluding hydrogens is 913 g/mol. The van der Waals surface area contributed by atoms with E-state index in [4.69, 9.17) is 23.7 Å². The molecule has 382 valence electrons. The van der Waals surface area contributed by atoms with Gasteiger partial charge in [-0.3, -0.25) is 19.0 Å². The molecule has 0 radical (unpaired) electrons. The van der Waals surface area contributed by atoms with Crippen molar-refractivity contribution in [2.24, 2.45) is 50.2 Å². The van der Waals surface area contributed by atoms with Crippen LogP contribution >= 0.6 is 0 Å². The summed E-state index contributed by atoms with van der Waals surface area (Å²) < 4.78 is 59.5. The van der Waals surface area contributed by atoms with E-state index >= 15 is 0 Å². The number of aliphatic hydroxyl groups is 3. The number of carbonyl (C=O) groups excluding carboxylic acids is 3. The van der Waals surface area contributed by atoms with Crippen molar-refractivity contribution in [3.05, 3.63) is 47.2 Å². The number of aliphatic hydroxyl groups excluding tert-OH is 3. The predicted octanol–water partition coefficient (Wildman–Crippen LogP) is 6.32. The van der Waals surface area contributed by atoms with Crippen LogP contribution in [0.4, 0.5) is 0 Å². The monoisotopic (exact) mass is 984 g/mol. The number of allylic oxidation sites excluding steroid dienone is 2. The molecule has 1 unspecified atom stereocenters. The molecule has 3 N–H and O–H groups in total. The smallest absolute Gasteiger partial charge is 0.414 e. The van der Waals surface area contributed by atoms with Crippen LogP contribution < -0.4 is 9.64 Å². The first kappa shape index (κ1) is 51.3. The van der Waals surface area contributed by atoms with Crippen LogP contribution in [0.3, 0.4) is 0 Å². The number of sulfone groups is 1. The third-order valence-electron chi connectivity index (χ3n) is 18.5. The van der Waals surface area contributed by atoms with E-state index in [-0.39, 0.29) is 80.7 Å². The standard InChI is InChI=1S/C51H72N2O15S/c1-30(20-27-63-42-43(53(60)68-52-42)69(61,62)31-12-10-9-11-13-31)64-38(55)16-17-39(56)66-37-19-21-48(6)35(47(37,4)5)18-22-50(8)36(48)15-14-32-33-28-46(2,3)23-25-51(33,26-24-49(32,50)7)45(59)67-44-41(58)40(57)34(29-54)65-44/h9-14,30,33-37,40-41,44,54,57-58H,15-29H2,1-8H3/t30?,33-,34+,35-,36+,37-,40-,41+,44-,48-,49+,50+,51-/m0/s1. The summed E-state index contributed by atoms with van der Waals surface area (Å²) in [5.41, 5.74) is -0.127. The van der Waals surface area contributed by atoms with Gasteiger partial charge in [0.15, 0.2) is 0 Å². The molecule has 1 saturated heterocycles. The number of aromatic nitrogens is 2. The molecule has 69 heavy (non-hydrogen) atoms. The number of nitrogens with zero attached hydrogens (tertiary/aromatic N) is 2. The van der Waals surface area contributed by atoms with Crippen LogP contribution in [0, 0.1) is 55.5 Å². The molecule has 1 aromatic heterocycles. The van der Waals surface area contributed by atoms with Crippen LogP contribution in [0.2, 0.25) is 0 Å². The molecule has 0 bridgehead atoms. The van der Waals surface area contributed by atoms with Crippen molar-refractivity contribution < 1.29 is 71.3 Å². The SMILES string of the molecule is CC(CCOc1no[n+]([O-])c1S(=O)(=O)c1ccccc1)OC(=O)CCC(=O)O[C@H]1CC[C@]2(C)[C@H]3CC=C4[C@@H]5CC(C)(C)CC[C@]5(C(=O)O[C@@H]5O[C@H](CO)[C@H](O)[C@H]5O)CC[C@@]4(C)[C@]3(C)CC[C@H]2C1(C)C. The lowest BCUT2D eigenvalue weighted by Gasteiger charge is -2.71. The first-order valence-electron chi connectivity index (χ1n) is 24.8. The highest BCUT2D eigenvalue weighted by Crippen LogP contribution is 2.76. The molecule has 0 spiro atoms. The summed E-state index contributed by atoms with van der Waals surface area (Å²) in [5, 5.41) is 45.7. The molecule has 18 heteroatoms. The zero-order valence-corrected chi connectivity index (χ0v) is 42.1. The minimum atomic E-state index is -4.29. The van der Waals surface area contributed by atoms with Gasteiger partial charge >= 0.3 is 28.8 Å². The number of hydrogen-bond donors (Lipinski definition) is 3. The topological polar surface area (TPSA) is 245 Å². The Balaban J connectivity index is 0.876. The molecule has 2 heterocycles. The van der Waals surface area contributed by atoms with Gasteiger partial charge in [0.1, 0.15) is 30.5 Å². The van der Waals surface area contributed by atoms with Gasteiger partial charge in [0.05, 0.1) is 41.5 Å². The van der Waals surface area contributed by atoms with E-state index in [0.29, 0.717) is 25.2 Å². The zero-order valence-electron chi connectivity index (χ0n) is 41.3. The van der Waals surface area contributed by atoms with Gasteiger partial charge in [-0.1, -0.05) is 78.3 Å². The lowest BCUT2D eigenvalue weighted by molar-refractivity contribution is -0.832. The Bertz CT molecular complexity index is 2400. The summed E-state index contributed by atoms with van der Waals surface area (Å²) >= 11 is 0. The van der Waals surface area contributed by atoms with Gasteiger partial charge in [-0.25, -0.2) is 8.42 Å². The Morgan fingerprint density at radius 3 is 2.29 bits per heavy atom. The number of benzene rings is 1. The Labute approximate surface area is 405 Å². The number of carbonyl (C=O) groups is 3. The van der Waals surface area contributed by atoms with Crippen LogP contribution in [0.5, 0.6) is 5.88 Å². The molecular formula is C51H72N2O15S. The molecule has 4 saturated carbocycles. The third-order valence-corrected chi connectivity index (χ3v) is 20.2. The van der Waals surface area contributed by atoms with Crippen LogP contribution in [0.25, 0.3) is 0 Å². The number of ether oxygens (including phenoxy) is 5. The largest absolute Gasteiger partial charge is 0.463 e. The summed E-state index contributed by atoms with van der Waals surface area (Å²) in [7, 11) is -4.29. The van der Waals surface area contributed by atoms with Gasteiger partial charge in [-0.2, -0.15) is 0 Å². The minimum Gasteiger partial charge on any atom is -0.463 e. The van der Waals surface area contributed by atoms with Gasteiger partial charge in [0, 0.05) is 11.8 Å². The highest BCUT2D eigenvalue weighted by Gasteiger charge is 2.70. The van der Waals surface area contributed by atoms with Crippen molar-refractivity contribution in [3.8, 4) is 5.88 Å². The highest BCUT2D eigenvalue weighted by molar-refractivity contribution is 7.91. The maximum Gasteiger partial charge on any atom is 0.414 e. The van der Waals surface area contributed by atoms with Crippen molar-refractivity contribution in [2.45, 2.75) is 186 Å². The van der Waals surface area contributed by atoms with Crippen LogP contribution in [0.1, 0.15) is 139 Å². The lowest BCUT2D eigenvalue weighted by Crippen LogP contribution is -2.65. The van der Waals surface area contributed by atoms with E-state index in [1.165, 1.54) is 29.8 Å². The predicted molar refractivity (Wildman–Crippen MR) is 245 cm³/mol. The first-order chi connectivity index (χ1) is 32.3. The Morgan fingerprint density at radius 1 is 0.899 bits per heavy atom. The molecule has 6 aliphatic rings. The van der Waals surface area contributed by atoms with E-state index in [1.54, 1.807) is 13.0 Å². The summed E-state index contributed by atoms with van der Waals surface area (Å²) in [6.07, 6.45) is 4.20. The van der Waals surface area contributed by atoms with Gasteiger partial charge < -0.3 is 44.2 Å². The summed E-state index contributed by atoms with van der Waals surface area (Å²) in [6.45, 7) is 17.3. The second-order valence-electron chi connectivity index (χ2n) is 23.1. The highest BCUT2D eigenvalue weighted by atomic mass is 32.2. The maximum atomic E-state index is 14.5. The quantitative estimate of drug-likeness (QED) is 0.0812. The molecule has 5 fully saturated rings. The average molecular weight is 985 g/mol. The molecule has 1 aliphatic heterocycles. The Morgan fingerprint density at radius 2 is 1.59 bits per heavy atom. The van der Waals surface area contributed by atoms with Gasteiger partial charge in [-0.05, 0) is 128 Å². The molecule has 17 nitrogen and oxygen atoms in total. The number of hydrogen-bond acceptors (Lipinski definition) is 16. The van der Waals surface area contributed by atoms with E-state index in [0.717, 1.165) is 44.9 Å². The fourth-order valence-corrected chi connectivity index (χ4v) is 15.6. The molecule has 1 aromatic carbocycles. The average Bonchev–Trinajstić information content (AvgIpc) is 3.80. The van der Waals surface area contributed by atoms with E-state index in [9.17, 15) is 43.3 Å². The third kappa shape index (κ3) is 8.79. The summed E-state index contributed by atoms with van der Waals surface area (Å²) in [5.74, 6) is -1.43. The minimum absolute atomic E-state index is 0.000743. The Kier molecular flexibility index (Phi) is 13.7. The fraction of sp³-hybridized carbons (Fsp3) is 0.745. The lowest BCUT2D eigenvalue weighted by atomic mass is 9.33. The summed E-state index contributed by atoms with van der Waals surface area (Å²) in [6, 6.07) is 7.33. The normalized spacial score (nSPS) is 37.1. The molecule has 5 aliphatic carbocycles. The maximum absolute atomic E-state index is 14.5. The number of esters is 3. The van der Waals surface area contributed by atoms with Crippen molar-refractivity contribution >= 4 is 27.7 Å². The van der Waals surface area contributed by atoms with Gasteiger partial charge in [0.25, 0.3) is 9.84 Å². The fourth-order valence-electron chi connectivity index (χ4n) is 14.3. The second kappa shape index (κ2) is 18.5. The Hall–Kier alpha value is -4.10. The molecule has 8 rings (SSSR count). The van der Waals surface area contributed by atoms with Crippen LogP contribution in [-0.2, 0) is 43.2 Å². The first-order valence-corrected chi connectivity index (χ1v) is 26.3. The van der Waals surface area contributed by atoms with Crippen molar-refractivity contribution in [3.63, 3.8) is 0 Å². The number of fused-ring (bicyclic) bond motifs is 7. The molecule has 13 atom stereocenters.